The van der Waals surface area contributed by atoms with Gasteiger partial charge in [0, 0.05) is 6.07 Å². The molecule has 5 heteroatoms. The molecular weight excluding hydrogens is 332 g/mol. The van der Waals surface area contributed by atoms with Crippen LogP contribution in [0, 0.1) is 5.92 Å². The smallest absolute Gasteiger partial charge is 0.336 e. The van der Waals surface area contributed by atoms with Crippen LogP contribution in [-0.2, 0) is 6.42 Å². The molecule has 1 fully saturated rings. The highest BCUT2D eigenvalue weighted by molar-refractivity contribution is 6.15. The van der Waals surface area contributed by atoms with Crippen molar-refractivity contribution >= 4 is 22.8 Å². The molecule has 134 valence electrons. The molecule has 26 heavy (non-hydrogen) atoms. The van der Waals surface area contributed by atoms with Gasteiger partial charge in [-0.25, -0.2) is 4.79 Å². The van der Waals surface area contributed by atoms with Crippen LogP contribution in [-0.4, -0.2) is 17.5 Å². The van der Waals surface area contributed by atoms with Crippen LogP contribution in [0.5, 0.6) is 11.5 Å². The fourth-order valence-corrected chi connectivity index (χ4v) is 4.01. The average Bonchev–Trinajstić information content (AvgIpc) is 3.33. The quantitative estimate of drug-likeness (QED) is 0.767. The van der Waals surface area contributed by atoms with Crippen LogP contribution in [0.15, 0.2) is 21.4 Å². The first-order valence-electron chi connectivity index (χ1n) is 9.15. The van der Waals surface area contributed by atoms with Crippen molar-refractivity contribution in [3.8, 4) is 11.5 Å². The van der Waals surface area contributed by atoms with Crippen LogP contribution in [0.3, 0.4) is 0 Å². The molecule has 2 atom stereocenters. The zero-order valence-electron chi connectivity index (χ0n) is 15.0. The third kappa shape index (κ3) is 2.09. The molecule has 3 heterocycles. The number of benzene rings is 1. The molecule has 2 aromatic rings. The molecule has 5 nitrogen and oxygen atoms in total. The van der Waals surface area contributed by atoms with E-state index in [9.17, 15) is 9.59 Å². The summed E-state index contributed by atoms with van der Waals surface area (Å²) in [6.45, 7) is 6.00. The van der Waals surface area contributed by atoms with Crippen LogP contribution >= 0.6 is 0 Å². The number of rotatable bonds is 2. The van der Waals surface area contributed by atoms with Gasteiger partial charge in [0.15, 0.2) is 11.4 Å². The number of aryl methyl sites for hydroxylation is 1. The summed E-state index contributed by atoms with van der Waals surface area (Å²) in [5.74, 6) is 1.04. The maximum absolute atomic E-state index is 13.0. The van der Waals surface area contributed by atoms with Gasteiger partial charge >= 0.3 is 5.63 Å². The molecular formula is C21H20O5. The normalized spacial score (nSPS) is 24.3. The molecule has 0 radical (unpaired) electrons. The zero-order chi connectivity index (χ0) is 18.2. The monoisotopic (exact) mass is 352 g/mol. The standard InChI is InChI=1S/C21H20O5/c1-4-5-10-8-14(22)25-20-15(10)19-11(6-7-21(2,3)26-19)18-16(20)17(23)12-9-13(12)24-18/h6-8,12-13H,4-5,9H2,1-3H3/t12-,13+/m1/s1. The minimum absolute atomic E-state index is 0.0130. The zero-order valence-corrected chi connectivity index (χ0v) is 15.0. The molecule has 1 aromatic carbocycles. The van der Waals surface area contributed by atoms with Gasteiger partial charge in [-0.05, 0) is 44.4 Å². The number of carbonyl (C=O) groups excluding carboxylic acids is 1. The van der Waals surface area contributed by atoms with Crippen molar-refractivity contribution in [2.45, 2.75) is 51.7 Å². The highest BCUT2D eigenvalue weighted by atomic mass is 16.5. The number of hydrogen-bond donors (Lipinski definition) is 0. The molecule has 1 aromatic heterocycles. The van der Waals surface area contributed by atoms with Gasteiger partial charge in [-0.2, -0.15) is 0 Å². The first kappa shape index (κ1) is 15.7. The van der Waals surface area contributed by atoms with Crippen molar-refractivity contribution in [1.29, 1.82) is 0 Å². The summed E-state index contributed by atoms with van der Waals surface area (Å²) >= 11 is 0. The minimum atomic E-state index is -0.491. The Balaban J connectivity index is 1.94. The van der Waals surface area contributed by atoms with E-state index in [-0.39, 0.29) is 17.8 Å². The van der Waals surface area contributed by atoms with Crippen LogP contribution in [0.2, 0.25) is 0 Å². The maximum atomic E-state index is 13.0. The fourth-order valence-electron chi connectivity index (χ4n) is 4.01. The van der Waals surface area contributed by atoms with Crippen molar-refractivity contribution in [2.24, 2.45) is 5.92 Å². The summed E-state index contributed by atoms with van der Waals surface area (Å²) in [7, 11) is 0. The van der Waals surface area contributed by atoms with E-state index in [1.54, 1.807) is 0 Å². The summed E-state index contributed by atoms with van der Waals surface area (Å²) in [4.78, 5) is 25.1. The number of Topliss-reactive ketones (excluding diaryl/α,β-unsaturated/α-hetero) is 1. The van der Waals surface area contributed by atoms with Crippen molar-refractivity contribution in [3.63, 3.8) is 0 Å². The third-order valence-electron chi connectivity index (χ3n) is 5.33. The van der Waals surface area contributed by atoms with Gasteiger partial charge in [-0.3, -0.25) is 4.79 Å². The van der Waals surface area contributed by atoms with Crippen LogP contribution in [0.25, 0.3) is 17.0 Å². The Hall–Kier alpha value is -2.56. The Labute approximate surface area is 150 Å². The van der Waals surface area contributed by atoms with Gasteiger partial charge in [0.25, 0.3) is 0 Å². The van der Waals surface area contributed by atoms with E-state index in [1.165, 1.54) is 6.07 Å². The van der Waals surface area contributed by atoms with Crippen LogP contribution in [0.4, 0.5) is 0 Å². The largest absolute Gasteiger partial charge is 0.488 e. The first-order valence-corrected chi connectivity index (χ1v) is 9.15. The Morgan fingerprint density at radius 1 is 1.23 bits per heavy atom. The number of ketones is 1. The molecule has 0 unspecified atom stereocenters. The highest BCUT2D eigenvalue weighted by Gasteiger charge is 2.52. The lowest BCUT2D eigenvalue weighted by Crippen LogP contribution is -2.29. The molecule has 2 aliphatic heterocycles. The molecule has 0 N–H and O–H groups in total. The lowest BCUT2D eigenvalue weighted by molar-refractivity contribution is 0.0919. The second-order valence-electron chi connectivity index (χ2n) is 7.89. The van der Waals surface area contributed by atoms with E-state index >= 15 is 0 Å². The SMILES string of the molecule is CCCc1cc(=O)oc2c3c(c4c(c12)OC(C)(C)C=C4)O[C@H]1C[C@H]1C3=O. The van der Waals surface area contributed by atoms with Gasteiger partial charge in [0.05, 0.1) is 16.9 Å². The molecule has 1 aliphatic carbocycles. The van der Waals surface area contributed by atoms with Gasteiger partial charge in [0.1, 0.15) is 28.8 Å². The molecule has 0 saturated heterocycles. The summed E-state index contributed by atoms with van der Waals surface area (Å²) in [6, 6.07) is 1.52. The van der Waals surface area contributed by atoms with Crippen molar-refractivity contribution in [1.82, 2.24) is 0 Å². The van der Waals surface area contributed by atoms with E-state index in [1.807, 2.05) is 26.0 Å². The third-order valence-corrected chi connectivity index (χ3v) is 5.33. The van der Waals surface area contributed by atoms with Gasteiger partial charge in [-0.15, -0.1) is 0 Å². The molecule has 3 aliphatic rings. The highest BCUT2D eigenvalue weighted by Crippen LogP contribution is 2.53. The lowest BCUT2D eigenvalue weighted by atomic mass is 9.90. The molecule has 0 amide bonds. The topological polar surface area (TPSA) is 65.7 Å². The molecule has 1 saturated carbocycles. The van der Waals surface area contributed by atoms with Gasteiger partial charge in [0.2, 0.25) is 0 Å². The second-order valence-corrected chi connectivity index (χ2v) is 7.89. The number of ether oxygens (including phenoxy) is 2. The predicted molar refractivity (Wildman–Crippen MR) is 97.1 cm³/mol. The van der Waals surface area contributed by atoms with Crippen molar-refractivity contribution < 1.29 is 18.7 Å². The van der Waals surface area contributed by atoms with E-state index in [2.05, 4.69) is 6.92 Å². The Morgan fingerprint density at radius 2 is 2.04 bits per heavy atom. The summed E-state index contributed by atoms with van der Waals surface area (Å²) in [5, 5.41) is 0.730. The van der Waals surface area contributed by atoms with Crippen LogP contribution < -0.4 is 15.1 Å². The second kappa shape index (κ2) is 5.00. The van der Waals surface area contributed by atoms with Crippen LogP contribution in [0.1, 0.15) is 55.1 Å². The Morgan fingerprint density at radius 3 is 2.81 bits per heavy atom. The van der Waals surface area contributed by atoms with E-state index in [4.69, 9.17) is 13.9 Å². The van der Waals surface area contributed by atoms with Gasteiger partial charge < -0.3 is 13.9 Å². The van der Waals surface area contributed by atoms with Crippen molar-refractivity contribution in [3.05, 3.63) is 39.3 Å². The molecule has 5 rings (SSSR count). The van der Waals surface area contributed by atoms with E-state index in [0.29, 0.717) is 29.1 Å². The van der Waals surface area contributed by atoms with Crippen molar-refractivity contribution in [2.75, 3.05) is 0 Å². The Kier molecular flexibility index (Phi) is 3.01. The molecule has 0 spiro atoms. The first-order chi connectivity index (χ1) is 12.4. The predicted octanol–water partition coefficient (Wildman–Crippen LogP) is 3.89. The summed E-state index contributed by atoms with van der Waals surface area (Å²) in [5.41, 5.74) is 1.41. The fraction of sp³-hybridized carbons (Fsp3) is 0.429. The van der Waals surface area contributed by atoms with E-state index in [0.717, 1.165) is 29.4 Å². The minimum Gasteiger partial charge on any atom is -0.488 e. The maximum Gasteiger partial charge on any atom is 0.336 e. The number of carbonyl (C=O) groups is 1. The summed E-state index contributed by atoms with van der Waals surface area (Å²) < 4.78 is 17.9. The molecule has 0 bridgehead atoms. The van der Waals surface area contributed by atoms with Gasteiger partial charge in [-0.1, -0.05) is 13.3 Å². The summed E-state index contributed by atoms with van der Waals surface area (Å²) in [6.07, 6.45) is 6.17. The number of hydrogen-bond acceptors (Lipinski definition) is 5. The lowest BCUT2D eigenvalue weighted by Gasteiger charge is -2.31. The average molecular weight is 352 g/mol. The number of fused-ring (bicyclic) bond motifs is 7. The Bertz CT molecular complexity index is 1060. The van der Waals surface area contributed by atoms with E-state index < -0.39 is 11.2 Å².